The van der Waals surface area contributed by atoms with E-state index >= 15 is 0 Å². The van der Waals surface area contributed by atoms with E-state index in [0.717, 1.165) is 30.8 Å². The second-order valence-corrected chi connectivity index (χ2v) is 7.96. The minimum absolute atomic E-state index is 0.0671. The second-order valence-electron chi connectivity index (χ2n) is 7.96. The normalized spacial score (nSPS) is 19.1. The molecule has 130 valence electrons. The van der Waals surface area contributed by atoms with Crippen LogP contribution in [0.1, 0.15) is 43.4 Å². The Labute approximate surface area is 149 Å². The summed E-state index contributed by atoms with van der Waals surface area (Å²) < 4.78 is 0. The van der Waals surface area contributed by atoms with Crippen molar-refractivity contribution >= 4 is 11.4 Å². The first kappa shape index (κ1) is 16.3. The minimum Gasteiger partial charge on any atom is -0.383 e. The molecule has 4 rings (SSSR count). The molecule has 4 nitrogen and oxygen atoms in total. The molecule has 1 aromatic heterocycles. The maximum Gasteiger partial charge on any atom is 0.131 e. The molecule has 1 aliphatic carbocycles. The topological polar surface area (TPSA) is 63.8 Å². The van der Waals surface area contributed by atoms with Gasteiger partial charge in [-0.05, 0) is 60.4 Å². The third kappa shape index (κ3) is 2.74. The molecule has 0 saturated carbocycles. The number of piperidine rings is 1. The number of nitrogens with zero attached hydrogens (tertiary/aromatic N) is 2. The number of allylic oxidation sites excluding steroid dienone is 1. The van der Waals surface area contributed by atoms with Gasteiger partial charge in [-0.1, -0.05) is 38.6 Å². The molecule has 1 fully saturated rings. The molecular weight excluding hydrogens is 308 g/mol. The molecule has 0 atom stereocenters. The fraction of sp³-hybridized carbons (Fsp3) is 0.429. The van der Waals surface area contributed by atoms with Gasteiger partial charge in [0.15, 0.2) is 0 Å². The smallest absolute Gasteiger partial charge is 0.131 e. The van der Waals surface area contributed by atoms with Crippen molar-refractivity contribution in [3.63, 3.8) is 0 Å². The fourth-order valence-electron chi connectivity index (χ4n) is 4.41. The number of fused-ring (bicyclic) bond motifs is 3. The van der Waals surface area contributed by atoms with Gasteiger partial charge in [0.2, 0.25) is 0 Å². The first-order chi connectivity index (χ1) is 12.0. The van der Waals surface area contributed by atoms with Crippen LogP contribution >= 0.6 is 0 Å². The number of rotatable bonds is 2. The van der Waals surface area contributed by atoms with E-state index in [1.807, 2.05) is 0 Å². The summed E-state index contributed by atoms with van der Waals surface area (Å²) in [5.74, 6) is 1.19. The standard InChI is InChI=1S/C21H26N4/c1-13(14-6-8-23-9-7-14)15-4-5-17-16(10-15)11-21(2,3)18-19(17)24-12-25-20(18)22/h4-5,10,12,14,23H,1,6-9,11H2,2-3H3,(H2,22,24,25). The summed E-state index contributed by atoms with van der Waals surface area (Å²) in [5.41, 5.74) is 13.2. The van der Waals surface area contributed by atoms with Gasteiger partial charge in [-0.2, -0.15) is 0 Å². The SMILES string of the molecule is C=C(c1ccc2c(c1)CC(C)(C)c1c(N)ncnc1-2)C1CCNCC1. The number of nitrogens with two attached hydrogens (primary N) is 1. The molecule has 2 aromatic rings. The summed E-state index contributed by atoms with van der Waals surface area (Å²) in [6.07, 6.45) is 4.86. The maximum absolute atomic E-state index is 6.18. The maximum atomic E-state index is 6.18. The third-order valence-corrected chi connectivity index (χ3v) is 5.75. The van der Waals surface area contributed by atoms with Crippen molar-refractivity contribution < 1.29 is 0 Å². The van der Waals surface area contributed by atoms with Gasteiger partial charge >= 0.3 is 0 Å². The van der Waals surface area contributed by atoms with Crippen LogP contribution in [0.5, 0.6) is 0 Å². The average molecular weight is 334 g/mol. The van der Waals surface area contributed by atoms with Gasteiger partial charge in [-0.15, -0.1) is 0 Å². The number of nitrogen functional groups attached to an aromatic ring is 1. The van der Waals surface area contributed by atoms with Crippen LogP contribution in [0.15, 0.2) is 31.1 Å². The van der Waals surface area contributed by atoms with Gasteiger partial charge in [-0.25, -0.2) is 9.97 Å². The van der Waals surface area contributed by atoms with E-state index in [0.29, 0.717) is 11.7 Å². The van der Waals surface area contributed by atoms with Crippen LogP contribution in [0.4, 0.5) is 5.82 Å². The molecule has 3 N–H and O–H groups in total. The van der Waals surface area contributed by atoms with E-state index in [1.165, 1.54) is 35.1 Å². The first-order valence-corrected chi connectivity index (χ1v) is 9.11. The number of hydrogen-bond acceptors (Lipinski definition) is 4. The summed E-state index contributed by atoms with van der Waals surface area (Å²) in [6.45, 7) is 11.0. The lowest BCUT2D eigenvalue weighted by Gasteiger charge is -2.34. The van der Waals surface area contributed by atoms with Gasteiger partial charge in [0.05, 0.1) is 5.69 Å². The highest BCUT2D eigenvalue weighted by Crippen LogP contribution is 2.44. The highest BCUT2D eigenvalue weighted by Gasteiger charge is 2.34. The van der Waals surface area contributed by atoms with Crippen molar-refractivity contribution in [2.24, 2.45) is 5.92 Å². The van der Waals surface area contributed by atoms with Crippen LogP contribution in [0.3, 0.4) is 0 Å². The van der Waals surface area contributed by atoms with Gasteiger partial charge < -0.3 is 11.1 Å². The first-order valence-electron chi connectivity index (χ1n) is 9.11. The molecule has 0 radical (unpaired) electrons. The Balaban J connectivity index is 1.76. The van der Waals surface area contributed by atoms with Crippen molar-refractivity contribution in [1.29, 1.82) is 0 Å². The van der Waals surface area contributed by atoms with Crippen molar-refractivity contribution in [3.05, 3.63) is 47.8 Å². The Hall–Kier alpha value is -2.20. The van der Waals surface area contributed by atoms with Crippen LogP contribution in [-0.4, -0.2) is 23.1 Å². The monoisotopic (exact) mass is 334 g/mol. The van der Waals surface area contributed by atoms with E-state index in [4.69, 9.17) is 5.73 Å². The Morgan fingerprint density at radius 2 is 2.00 bits per heavy atom. The second kappa shape index (κ2) is 5.95. The van der Waals surface area contributed by atoms with E-state index in [-0.39, 0.29) is 5.41 Å². The van der Waals surface area contributed by atoms with Crippen molar-refractivity contribution in [1.82, 2.24) is 15.3 Å². The van der Waals surface area contributed by atoms with Gasteiger partial charge in [0.1, 0.15) is 12.1 Å². The quantitative estimate of drug-likeness (QED) is 0.881. The third-order valence-electron chi connectivity index (χ3n) is 5.75. The number of anilines is 1. The van der Waals surface area contributed by atoms with Gasteiger partial charge in [0.25, 0.3) is 0 Å². The Bertz CT molecular complexity index is 832. The molecule has 25 heavy (non-hydrogen) atoms. The molecule has 1 saturated heterocycles. The zero-order chi connectivity index (χ0) is 17.6. The molecule has 4 heteroatoms. The summed E-state index contributed by atoms with van der Waals surface area (Å²) in [5, 5.41) is 3.43. The lowest BCUT2D eigenvalue weighted by Crippen LogP contribution is -2.29. The highest BCUT2D eigenvalue weighted by molar-refractivity contribution is 5.78. The molecule has 2 aliphatic rings. The molecular formula is C21H26N4. The lowest BCUT2D eigenvalue weighted by atomic mass is 9.71. The van der Waals surface area contributed by atoms with Crippen LogP contribution in [-0.2, 0) is 11.8 Å². The summed E-state index contributed by atoms with van der Waals surface area (Å²) in [7, 11) is 0. The molecule has 2 heterocycles. The van der Waals surface area contributed by atoms with Crippen molar-refractivity contribution in [2.45, 2.75) is 38.5 Å². The number of hydrogen-bond donors (Lipinski definition) is 2. The zero-order valence-electron chi connectivity index (χ0n) is 15.1. The minimum atomic E-state index is -0.0671. The molecule has 0 amide bonds. The zero-order valence-corrected chi connectivity index (χ0v) is 15.1. The molecule has 0 bridgehead atoms. The molecule has 0 unspecified atom stereocenters. The van der Waals surface area contributed by atoms with Gasteiger partial charge in [-0.3, -0.25) is 0 Å². The Kier molecular flexibility index (Phi) is 3.88. The number of nitrogens with one attached hydrogen (secondary N) is 1. The Morgan fingerprint density at radius 1 is 1.24 bits per heavy atom. The predicted molar refractivity (Wildman–Crippen MR) is 103 cm³/mol. The molecule has 1 aliphatic heterocycles. The van der Waals surface area contributed by atoms with Crippen LogP contribution < -0.4 is 11.1 Å². The van der Waals surface area contributed by atoms with Crippen molar-refractivity contribution in [2.75, 3.05) is 18.8 Å². The van der Waals surface area contributed by atoms with E-state index in [1.54, 1.807) is 6.33 Å². The number of aromatic nitrogens is 2. The lowest BCUT2D eigenvalue weighted by molar-refractivity contribution is 0.447. The summed E-state index contributed by atoms with van der Waals surface area (Å²) in [6, 6.07) is 6.71. The summed E-state index contributed by atoms with van der Waals surface area (Å²) in [4.78, 5) is 8.77. The predicted octanol–water partition coefficient (Wildman–Crippen LogP) is 3.57. The van der Waals surface area contributed by atoms with Crippen molar-refractivity contribution in [3.8, 4) is 11.3 Å². The van der Waals surface area contributed by atoms with Crippen LogP contribution in [0.2, 0.25) is 0 Å². The largest absolute Gasteiger partial charge is 0.383 e. The molecule has 0 spiro atoms. The highest BCUT2D eigenvalue weighted by atomic mass is 14.9. The van der Waals surface area contributed by atoms with Crippen LogP contribution in [0, 0.1) is 5.92 Å². The Morgan fingerprint density at radius 3 is 2.76 bits per heavy atom. The van der Waals surface area contributed by atoms with E-state index < -0.39 is 0 Å². The fourth-order valence-corrected chi connectivity index (χ4v) is 4.41. The molecule has 1 aromatic carbocycles. The summed E-state index contributed by atoms with van der Waals surface area (Å²) >= 11 is 0. The van der Waals surface area contributed by atoms with E-state index in [2.05, 4.69) is 53.9 Å². The number of benzene rings is 1. The van der Waals surface area contributed by atoms with Crippen LogP contribution in [0.25, 0.3) is 16.8 Å². The average Bonchev–Trinajstić information content (AvgIpc) is 2.60. The van der Waals surface area contributed by atoms with Gasteiger partial charge in [0, 0.05) is 11.1 Å². The van der Waals surface area contributed by atoms with E-state index in [9.17, 15) is 0 Å².